The molecule has 1 N–H and O–H groups in total. The van der Waals surface area contributed by atoms with Crippen LogP contribution in [0, 0.1) is 17.3 Å². The van der Waals surface area contributed by atoms with E-state index in [0.29, 0.717) is 17.4 Å². The van der Waals surface area contributed by atoms with Gasteiger partial charge >= 0.3 is 0 Å². The molecule has 3 atom stereocenters. The predicted molar refractivity (Wildman–Crippen MR) is 84.0 cm³/mol. The van der Waals surface area contributed by atoms with Crippen molar-refractivity contribution in [1.82, 2.24) is 9.78 Å². The molecule has 1 aromatic rings. The van der Waals surface area contributed by atoms with Crippen LogP contribution in [0.1, 0.15) is 65.1 Å². The van der Waals surface area contributed by atoms with Crippen molar-refractivity contribution >= 4 is 5.82 Å². The van der Waals surface area contributed by atoms with E-state index in [9.17, 15) is 0 Å². The predicted octanol–water partition coefficient (Wildman–Crippen LogP) is 4.26. The van der Waals surface area contributed by atoms with E-state index in [1.807, 2.05) is 0 Å². The first-order valence-electron chi connectivity index (χ1n) is 8.27. The standard InChI is InChI=1S/C17H29N3/c1-12(17(2,3)4)9-14-10-16-18-11-13-7-5-6-8-15(13)20(16)19-14/h10,12-13,15,18H,5-9,11H2,1-4H3. The van der Waals surface area contributed by atoms with Gasteiger partial charge in [0.2, 0.25) is 0 Å². The van der Waals surface area contributed by atoms with Crippen LogP contribution in [0.4, 0.5) is 5.82 Å². The minimum absolute atomic E-state index is 0.352. The molecule has 1 fully saturated rings. The van der Waals surface area contributed by atoms with Crippen LogP contribution in [0.15, 0.2) is 6.07 Å². The lowest BCUT2D eigenvalue weighted by Crippen LogP contribution is -2.35. The number of rotatable bonds is 2. The lowest BCUT2D eigenvalue weighted by Gasteiger charge is -2.36. The Kier molecular flexibility index (Phi) is 3.55. The number of anilines is 1. The molecule has 0 spiro atoms. The molecule has 112 valence electrons. The summed E-state index contributed by atoms with van der Waals surface area (Å²) in [6, 6.07) is 2.94. The van der Waals surface area contributed by atoms with Crippen LogP contribution >= 0.6 is 0 Å². The Morgan fingerprint density at radius 2 is 2.10 bits per heavy atom. The third kappa shape index (κ3) is 2.59. The zero-order valence-electron chi connectivity index (χ0n) is 13.4. The van der Waals surface area contributed by atoms with E-state index in [0.717, 1.165) is 18.9 Å². The molecule has 1 aromatic heterocycles. The van der Waals surface area contributed by atoms with Crippen LogP contribution in [-0.4, -0.2) is 16.3 Å². The van der Waals surface area contributed by atoms with Gasteiger partial charge in [-0.1, -0.05) is 40.5 Å². The van der Waals surface area contributed by atoms with Crippen LogP contribution in [0.3, 0.4) is 0 Å². The van der Waals surface area contributed by atoms with Crippen molar-refractivity contribution in [1.29, 1.82) is 0 Å². The Bertz CT molecular complexity index is 469. The van der Waals surface area contributed by atoms with Crippen molar-refractivity contribution in [2.45, 2.75) is 65.8 Å². The molecule has 1 saturated carbocycles. The van der Waals surface area contributed by atoms with E-state index in [1.54, 1.807) is 0 Å². The summed E-state index contributed by atoms with van der Waals surface area (Å²) in [7, 11) is 0. The summed E-state index contributed by atoms with van der Waals surface area (Å²) in [5.41, 5.74) is 1.62. The third-order valence-electron chi connectivity index (χ3n) is 5.51. The topological polar surface area (TPSA) is 29.9 Å². The van der Waals surface area contributed by atoms with Gasteiger partial charge in [-0.05, 0) is 36.5 Å². The Hall–Kier alpha value is -0.990. The average Bonchev–Trinajstić information content (AvgIpc) is 2.80. The highest BCUT2D eigenvalue weighted by Gasteiger charge is 2.33. The molecule has 0 saturated heterocycles. The third-order valence-corrected chi connectivity index (χ3v) is 5.51. The van der Waals surface area contributed by atoms with Crippen molar-refractivity contribution in [3.63, 3.8) is 0 Å². The Labute approximate surface area is 123 Å². The van der Waals surface area contributed by atoms with Gasteiger partial charge in [0.1, 0.15) is 5.82 Å². The SMILES string of the molecule is CC(Cc1cc2n(n1)C1CCCCC1CN2)C(C)(C)C. The zero-order valence-corrected chi connectivity index (χ0v) is 13.4. The molecule has 2 aliphatic rings. The summed E-state index contributed by atoms with van der Waals surface area (Å²) >= 11 is 0. The number of aromatic nitrogens is 2. The van der Waals surface area contributed by atoms with Crippen molar-refractivity contribution in [2.75, 3.05) is 11.9 Å². The number of fused-ring (bicyclic) bond motifs is 3. The fraction of sp³-hybridized carbons (Fsp3) is 0.824. The quantitative estimate of drug-likeness (QED) is 0.873. The van der Waals surface area contributed by atoms with Crippen LogP contribution < -0.4 is 5.32 Å². The van der Waals surface area contributed by atoms with Crippen molar-refractivity contribution < 1.29 is 0 Å². The summed E-state index contributed by atoms with van der Waals surface area (Å²) in [4.78, 5) is 0. The van der Waals surface area contributed by atoms with Crippen LogP contribution in [0.5, 0.6) is 0 Å². The number of hydrogen-bond donors (Lipinski definition) is 1. The van der Waals surface area contributed by atoms with Gasteiger partial charge < -0.3 is 5.32 Å². The van der Waals surface area contributed by atoms with Gasteiger partial charge in [-0.25, -0.2) is 4.68 Å². The fourth-order valence-electron chi connectivity index (χ4n) is 3.53. The molecule has 3 heteroatoms. The smallest absolute Gasteiger partial charge is 0.124 e. The molecule has 0 radical (unpaired) electrons. The van der Waals surface area contributed by atoms with E-state index in [2.05, 4.69) is 43.8 Å². The average molecular weight is 275 g/mol. The molecular formula is C17H29N3. The van der Waals surface area contributed by atoms with Crippen molar-refractivity contribution in [3.8, 4) is 0 Å². The molecule has 0 bridgehead atoms. The maximum atomic E-state index is 4.94. The van der Waals surface area contributed by atoms with Crippen LogP contribution in [0.25, 0.3) is 0 Å². The number of nitrogens with one attached hydrogen (secondary N) is 1. The van der Waals surface area contributed by atoms with Gasteiger partial charge in [-0.3, -0.25) is 0 Å². The fourth-order valence-corrected chi connectivity index (χ4v) is 3.53. The van der Waals surface area contributed by atoms with Crippen LogP contribution in [0.2, 0.25) is 0 Å². The molecule has 0 aromatic carbocycles. The highest BCUT2D eigenvalue weighted by molar-refractivity contribution is 5.40. The first-order valence-corrected chi connectivity index (χ1v) is 8.27. The maximum Gasteiger partial charge on any atom is 0.124 e. The molecule has 20 heavy (non-hydrogen) atoms. The van der Waals surface area contributed by atoms with Gasteiger partial charge in [-0.15, -0.1) is 0 Å². The van der Waals surface area contributed by atoms with E-state index >= 15 is 0 Å². The van der Waals surface area contributed by atoms with Gasteiger partial charge in [0.25, 0.3) is 0 Å². The Balaban J connectivity index is 1.78. The second-order valence-corrected chi connectivity index (χ2v) is 7.93. The van der Waals surface area contributed by atoms with E-state index in [4.69, 9.17) is 5.10 Å². The molecule has 0 amide bonds. The first-order chi connectivity index (χ1) is 9.45. The summed E-state index contributed by atoms with van der Waals surface area (Å²) < 4.78 is 2.30. The minimum atomic E-state index is 0.352. The van der Waals surface area contributed by atoms with Gasteiger partial charge in [-0.2, -0.15) is 5.10 Å². The van der Waals surface area contributed by atoms with Crippen LogP contribution in [-0.2, 0) is 6.42 Å². The summed E-state index contributed by atoms with van der Waals surface area (Å²) in [6.45, 7) is 10.5. The molecule has 2 heterocycles. The molecular weight excluding hydrogens is 246 g/mol. The number of nitrogens with zero attached hydrogens (tertiary/aromatic N) is 2. The van der Waals surface area contributed by atoms with Crippen molar-refractivity contribution in [3.05, 3.63) is 11.8 Å². The first kappa shape index (κ1) is 14.0. The summed E-state index contributed by atoms with van der Waals surface area (Å²) in [6.07, 6.45) is 6.53. The molecule has 3 unspecified atom stereocenters. The molecule has 3 rings (SSSR count). The second-order valence-electron chi connectivity index (χ2n) is 7.93. The van der Waals surface area contributed by atoms with E-state index in [1.165, 1.54) is 37.2 Å². The summed E-state index contributed by atoms with van der Waals surface area (Å²) in [5, 5.41) is 8.54. The van der Waals surface area contributed by atoms with Crippen molar-refractivity contribution in [2.24, 2.45) is 17.3 Å². The molecule has 1 aliphatic heterocycles. The Morgan fingerprint density at radius 3 is 2.85 bits per heavy atom. The minimum Gasteiger partial charge on any atom is -0.370 e. The molecule has 3 nitrogen and oxygen atoms in total. The zero-order chi connectivity index (χ0) is 14.3. The number of hydrogen-bond acceptors (Lipinski definition) is 2. The van der Waals surface area contributed by atoms with E-state index in [-0.39, 0.29) is 0 Å². The summed E-state index contributed by atoms with van der Waals surface area (Å²) in [5.74, 6) is 2.70. The van der Waals surface area contributed by atoms with Gasteiger partial charge in [0.15, 0.2) is 0 Å². The lowest BCUT2D eigenvalue weighted by molar-refractivity contribution is 0.219. The van der Waals surface area contributed by atoms with Gasteiger partial charge in [0, 0.05) is 12.6 Å². The largest absolute Gasteiger partial charge is 0.370 e. The lowest BCUT2D eigenvalue weighted by atomic mass is 9.79. The maximum absolute atomic E-state index is 4.94. The van der Waals surface area contributed by atoms with Gasteiger partial charge in [0.05, 0.1) is 11.7 Å². The second kappa shape index (κ2) is 5.09. The Morgan fingerprint density at radius 1 is 1.35 bits per heavy atom. The molecule has 1 aliphatic carbocycles. The highest BCUT2D eigenvalue weighted by Crippen LogP contribution is 2.39. The normalized spacial score (nSPS) is 27.4. The monoisotopic (exact) mass is 275 g/mol. The highest BCUT2D eigenvalue weighted by atomic mass is 15.4. The van der Waals surface area contributed by atoms with E-state index < -0.39 is 0 Å².